The van der Waals surface area contributed by atoms with Crippen LogP contribution in [0.15, 0.2) is 27.8 Å². The topological polar surface area (TPSA) is 81.8 Å². The molecule has 1 aliphatic heterocycles. The molecule has 0 bridgehead atoms. The van der Waals surface area contributed by atoms with E-state index in [-0.39, 0.29) is 12.5 Å². The van der Waals surface area contributed by atoms with Crippen molar-refractivity contribution in [2.45, 2.75) is 52.3 Å². The Morgan fingerprint density at radius 1 is 1.09 bits per heavy atom. The van der Waals surface area contributed by atoms with Gasteiger partial charge >= 0.3 is 5.69 Å². The fraction of sp³-hybridized carbons (Fsp3) is 0.625. The highest BCUT2D eigenvalue weighted by Gasteiger charge is 2.20. The molecule has 1 aromatic carbocycles. The van der Waals surface area contributed by atoms with E-state index in [1.807, 2.05) is 0 Å². The van der Waals surface area contributed by atoms with E-state index in [0.29, 0.717) is 24.6 Å². The van der Waals surface area contributed by atoms with E-state index in [1.165, 1.54) is 16.8 Å². The van der Waals surface area contributed by atoms with Crippen LogP contribution >= 0.6 is 0 Å². The van der Waals surface area contributed by atoms with Gasteiger partial charge in [-0.25, -0.2) is 18.4 Å². The second-order valence-electron chi connectivity index (χ2n) is 10.2. The number of aryl methyl sites for hydroxylation is 2. The maximum absolute atomic E-state index is 13.5. The van der Waals surface area contributed by atoms with Crippen molar-refractivity contribution in [1.82, 2.24) is 19.2 Å². The minimum Gasteiger partial charge on any atom is -0.494 e. The van der Waals surface area contributed by atoms with Crippen LogP contribution in [0.3, 0.4) is 0 Å². The third kappa shape index (κ3) is 7.49. The summed E-state index contributed by atoms with van der Waals surface area (Å²) in [6, 6.07) is 5.59. The lowest BCUT2D eigenvalue weighted by molar-refractivity contribution is 0.0790. The SMILES string of the molecule is COc1cc(F)ccc1N1CCN(CCCn2nc(C)c(=O)n(COCC[Si](C)(C)C)c2=O)CC1. The highest BCUT2D eigenvalue weighted by atomic mass is 28.3. The molecule has 0 atom stereocenters. The summed E-state index contributed by atoms with van der Waals surface area (Å²) in [5.41, 5.74) is 0.364. The van der Waals surface area contributed by atoms with Crippen LogP contribution in [0.2, 0.25) is 25.7 Å². The zero-order valence-corrected chi connectivity index (χ0v) is 22.6. The van der Waals surface area contributed by atoms with Crippen LogP contribution in [0.5, 0.6) is 5.75 Å². The fourth-order valence-electron chi connectivity index (χ4n) is 4.05. The largest absolute Gasteiger partial charge is 0.494 e. The Morgan fingerprint density at radius 2 is 1.80 bits per heavy atom. The standard InChI is InChI=1S/C24H38FN5O4Si/c1-19-23(31)29(18-34-15-16-35(3,4)5)24(32)30(26-19)10-6-9-27-11-13-28(14-12-27)21-8-7-20(25)17-22(21)33-2/h7-8,17H,6,9-16,18H2,1-5H3. The van der Waals surface area contributed by atoms with Crippen molar-refractivity contribution in [1.29, 1.82) is 0 Å². The molecule has 1 fully saturated rings. The number of hydrogen-bond acceptors (Lipinski definition) is 7. The smallest absolute Gasteiger partial charge is 0.349 e. The Morgan fingerprint density at radius 3 is 2.46 bits per heavy atom. The highest BCUT2D eigenvalue weighted by Crippen LogP contribution is 2.29. The van der Waals surface area contributed by atoms with E-state index in [1.54, 1.807) is 20.1 Å². The molecule has 2 aromatic rings. The number of piperazine rings is 1. The lowest BCUT2D eigenvalue weighted by atomic mass is 10.2. The average molecular weight is 508 g/mol. The molecule has 2 heterocycles. The first-order valence-corrected chi connectivity index (χ1v) is 15.9. The van der Waals surface area contributed by atoms with Gasteiger partial charge in [-0.3, -0.25) is 9.69 Å². The third-order valence-electron chi connectivity index (χ3n) is 6.19. The quantitative estimate of drug-likeness (QED) is 0.341. The van der Waals surface area contributed by atoms with E-state index in [9.17, 15) is 14.0 Å². The molecule has 0 aliphatic carbocycles. The van der Waals surface area contributed by atoms with E-state index in [2.05, 4.69) is 34.5 Å². The first-order chi connectivity index (χ1) is 16.6. The summed E-state index contributed by atoms with van der Waals surface area (Å²) in [6.45, 7) is 13.5. The molecular weight excluding hydrogens is 469 g/mol. The summed E-state index contributed by atoms with van der Waals surface area (Å²) in [4.78, 5) is 29.8. The van der Waals surface area contributed by atoms with Gasteiger partial charge in [0.05, 0.1) is 12.8 Å². The van der Waals surface area contributed by atoms with Gasteiger partial charge in [0, 0.05) is 60.0 Å². The zero-order valence-electron chi connectivity index (χ0n) is 21.6. The summed E-state index contributed by atoms with van der Waals surface area (Å²) in [5.74, 6) is 0.228. The molecule has 3 rings (SSSR count). The summed E-state index contributed by atoms with van der Waals surface area (Å²) in [6.07, 6.45) is 0.737. The van der Waals surface area contributed by atoms with Crippen LogP contribution in [0.4, 0.5) is 10.1 Å². The fourth-order valence-corrected chi connectivity index (χ4v) is 4.81. The Kier molecular flexibility index (Phi) is 9.25. The van der Waals surface area contributed by atoms with Crippen LogP contribution in [-0.2, 0) is 18.0 Å². The van der Waals surface area contributed by atoms with Gasteiger partial charge < -0.3 is 14.4 Å². The molecule has 9 nitrogen and oxygen atoms in total. The van der Waals surface area contributed by atoms with Crippen LogP contribution in [-0.4, -0.2) is 73.8 Å². The Bertz CT molecular complexity index is 1110. The maximum Gasteiger partial charge on any atom is 0.349 e. The molecule has 0 unspecified atom stereocenters. The monoisotopic (exact) mass is 507 g/mol. The van der Waals surface area contributed by atoms with E-state index >= 15 is 0 Å². The molecule has 0 radical (unpaired) electrons. The number of aromatic nitrogens is 3. The van der Waals surface area contributed by atoms with E-state index < -0.39 is 19.3 Å². The second kappa shape index (κ2) is 12.0. The number of halogens is 1. The van der Waals surface area contributed by atoms with Crippen molar-refractivity contribution >= 4 is 13.8 Å². The van der Waals surface area contributed by atoms with E-state index in [4.69, 9.17) is 9.47 Å². The van der Waals surface area contributed by atoms with Gasteiger partial charge in [-0.15, -0.1) is 0 Å². The van der Waals surface area contributed by atoms with Crippen LogP contribution in [0, 0.1) is 12.7 Å². The lowest BCUT2D eigenvalue weighted by Gasteiger charge is -2.36. The third-order valence-corrected chi connectivity index (χ3v) is 7.90. The van der Waals surface area contributed by atoms with Gasteiger partial charge in [0.15, 0.2) is 0 Å². The van der Waals surface area contributed by atoms with Crippen molar-refractivity contribution < 1.29 is 13.9 Å². The number of anilines is 1. The molecular formula is C24H38FN5O4Si. The minimum absolute atomic E-state index is 0.0414. The number of nitrogens with zero attached hydrogens (tertiary/aromatic N) is 5. The zero-order chi connectivity index (χ0) is 25.6. The van der Waals surface area contributed by atoms with Gasteiger partial charge in [-0.1, -0.05) is 19.6 Å². The van der Waals surface area contributed by atoms with Crippen molar-refractivity contribution in [3.8, 4) is 5.75 Å². The molecule has 11 heteroatoms. The molecule has 1 aromatic heterocycles. The first kappa shape index (κ1) is 27.1. The van der Waals surface area contributed by atoms with Gasteiger partial charge in [-0.2, -0.15) is 5.10 Å². The lowest BCUT2D eigenvalue weighted by Crippen LogP contribution is -2.47. The normalized spacial score (nSPS) is 15.0. The van der Waals surface area contributed by atoms with Crippen LogP contribution in [0.25, 0.3) is 0 Å². The van der Waals surface area contributed by atoms with Crippen molar-refractivity contribution in [3.63, 3.8) is 0 Å². The van der Waals surface area contributed by atoms with Crippen LogP contribution in [0.1, 0.15) is 12.1 Å². The number of rotatable bonds is 11. The van der Waals surface area contributed by atoms with Gasteiger partial charge in [0.2, 0.25) is 0 Å². The summed E-state index contributed by atoms with van der Waals surface area (Å²) in [5, 5.41) is 4.21. The Labute approximate surface area is 207 Å². The summed E-state index contributed by atoms with van der Waals surface area (Å²) >= 11 is 0. The molecule has 0 N–H and O–H groups in total. The minimum atomic E-state index is -1.25. The number of benzene rings is 1. The maximum atomic E-state index is 13.5. The molecule has 1 aliphatic rings. The Balaban J connectivity index is 1.52. The van der Waals surface area contributed by atoms with Gasteiger partial charge in [0.25, 0.3) is 5.56 Å². The van der Waals surface area contributed by atoms with Crippen molar-refractivity contribution in [2.75, 3.05) is 51.3 Å². The van der Waals surface area contributed by atoms with Crippen molar-refractivity contribution in [3.05, 3.63) is 50.5 Å². The molecule has 0 spiro atoms. The van der Waals surface area contributed by atoms with Crippen LogP contribution < -0.4 is 20.9 Å². The number of methoxy groups -OCH3 is 1. The molecule has 194 valence electrons. The summed E-state index contributed by atoms with van der Waals surface area (Å²) in [7, 11) is 0.304. The average Bonchev–Trinajstić information content (AvgIpc) is 2.81. The number of hydrogen-bond donors (Lipinski definition) is 0. The predicted molar refractivity (Wildman–Crippen MR) is 138 cm³/mol. The number of ether oxygens (including phenoxy) is 2. The summed E-state index contributed by atoms with van der Waals surface area (Å²) < 4.78 is 27.0. The molecule has 1 saturated heterocycles. The van der Waals surface area contributed by atoms with Gasteiger partial charge in [0.1, 0.15) is 24.0 Å². The molecule has 0 saturated carbocycles. The second-order valence-corrected chi connectivity index (χ2v) is 15.8. The Hall–Kier alpha value is -2.50. The van der Waals surface area contributed by atoms with E-state index in [0.717, 1.165) is 55.4 Å². The highest BCUT2D eigenvalue weighted by molar-refractivity contribution is 6.76. The molecule has 0 amide bonds. The first-order valence-electron chi connectivity index (χ1n) is 12.2. The van der Waals surface area contributed by atoms with Crippen molar-refractivity contribution in [2.24, 2.45) is 0 Å². The van der Waals surface area contributed by atoms with Gasteiger partial charge in [-0.05, 0) is 31.5 Å². The predicted octanol–water partition coefficient (Wildman–Crippen LogP) is 2.39. The molecule has 35 heavy (non-hydrogen) atoms.